The number of hydrogen-bond donors (Lipinski definition) is 2. The Labute approximate surface area is 88.4 Å². The van der Waals surface area contributed by atoms with Gasteiger partial charge in [0.2, 0.25) is 0 Å². The van der Waals surface area contributed by atoms with Crippen LogP contribution in [0, 0.1) is 6.92 Å². The number of rotatable bonds is 3. The van der Waals surface area contributed by atoms with Crippen LogP contribution in [0.2, 0.25) is 5.02 Å². The first-order chi connectivity index (χ1) is 6.61. The van der Waals surface area contributed by atoms with Gasteiger partial charge in [0, 0.05) is 16.7 Å². The van der Waals surface area contributed by atoms with Crippen molar-refractivity contribution in [2.24, 2.45) is 5.73 Å². The molecule has 0 amide bonds. The van der Waals surface area contributed by atoms with Gasteiger partial charge in [0.05, 0.1) is 7.11 Å². The predicted octanol–water partition coefficient (Wildman–Crippen LogP) is 1.86. The molecule has 4 heteroatoms. The second-order valence-electron chi connectivity index (χ2n) is 3.05. The molecule has 0 heterocycles. The van der Waals surface area contributed by atoms with Crippen molar-refractivity contribution in [3.8, 4) is 11.5 Å². The zero-order valence-electron chi connectivity index (χ0n) is 8.30. The number of hydrogen-bond acceptors (Lipinski definition) is 3. The lowest BCUT2D eigenvalue weighted by Gasteiger charge is -2.13. The van der Waals surface area contributed by atoms with Crippen molar-refractivity contribution in [3.63, 3.8) is 0 Å². The Morgan fingerprint density at radius 1 is 1.57 bits per heavy atom. The summed E-state index contributed by atoms with van der Waals surface area (Å²) in [5.74, 6) is 0.531. The van der Waals surface area contributed by atoms with E-state index in [0.29, 0.717) is 23.7 Å². The fourth-order valence-electron chi connectivity index (χ4n) is 1.44. The lowest BCUT2D eigenvalue weighted by atomic mass is 10.0. The molecule has 0 radical (unpaired) electrons. The maximum Gasteiger partial charge on any atom is 0.164 e. The molecule has 0 bridgehead atoms. The van der Waals surface area contributed by atoms with E-state index in [1.54, 1.807) is 0 Å². The Kier molecular flexibility index (Phi) is 3.61. The second kappa shape index (κ2) is 4.53. The van der Waals surface area contributed by atoms with Crippen LogP contribution in [0.25, 0.3) is 0 Å². The third kappa shape index (κ3) is 1.94. The lowest BCUT2D eigenvalue weighted by Crippen LogP contribution is -2.06. The molecule has 0 aliphatic rings. The van der Waals surface area contributed by atoms with Crippen molar-refractivity contribution >= 4 is 11.6 Å². The minimum atomic E-state index is 0.0616. The predicted molar refractivity (Wildman–Crippen MR) is 57.2 cm³/mol. The topological polar surface area (TPSA) is 55.5 Å². The largest absolute Gasteiger partial charge is 0.504 e. The molecule has 3 nitrogen and oxygen atoms in total. The van der Waals surface area contributed by atoms with Gasteiger partial charge in [0.15, 0.2) is 11.5 Å². The van der Waals surface area contributed by atoms with E-state index in [1.165, 1.54) is 13.2 Å². The molecule has 0 saturated heterocycles. The third-order valence-corrected chi connectivity index (χ3v) is 2.57. The van der Waals surface area contributed by atoms with Gasteiger partial charge < -0.3 is 15.6 Å². The van der Waals surface area contributed by atoms with Gasteiger partial charge in [0.1, 0.15) is 0 Å². The van der Waals surface area contributed by atoms with Crippen molar-refractivity contribution in [1.29, 1.82) is 0 Å². The summed E-state index contributed by atoms with van der Waals surface area (Å²) in [6, 6.07) is 1.48. The number of phenolic OH excluding ortho intramolecular Hbond substituents is 1. The van der Waals surface area contributed by atoms with Crippen LogP contribution < -0.4 is 10.5 Å². The number of phenols is 1. The number of ether oxygens (including phenoxy) is 1. The summed E-state index contributed by atoms with van der Waals surface area (Å²) in [7, 11) is 1.52. The molecule has 0 aliphatic carbocycles. The van der Waals surface area contributed by atoms with Gasteiger partial charge in [-0.05, 0) is 25.5 Å². The average molecular weight is 216 g/mol. The first kappa shape index (κ1) is 11.1. The molecular formula is C10H14ClNO2. The van der Waals surface area contributed by atoms with Crippen LogP contribution in [-0.2, 0) is 6.42 Å². The fourth-order valence-corrected chi connectivity index (χ4v) is 1.65. The van der Waals surface area contributed by atoms with Gasteiger partial charge >= 0.3 is 0 Å². The van der Waals surface area contributed by atoms with Gasteiger partial charge in [-0.15, -0.1) is 0 Å². The van der Waals surface area contributed by atoms with Crippen LogP contribution >= 0.6 is 11.6 Å². The van der Waals surface area contributed by atoms with Crippen molar-refractivity contribution in [3.05, 3.63) is 22.2 Å². The van der Waals surface area contributed by atoms with Crippen molar-refractivity contribution in [2.75, 3.05) is 13.7 Å². The van der Waals surface area contributed by atoms with Crippen LogP contribution in [0.5, 0.6) is 11.5 Å². The minimum Gasteiger partial charge on any atom is -0.504 e. The Morgan fingerprint density at radius 2 is 2.21 bits per heavy atom. The number of methoxy groups -OCH3 is 1. The standard InChI is InChI=1S/C10H14ClNO2/c1-6-7(3-4-12)10(14-2)9(13)5-8(6)11/h5,13H,3-4,12H2,1-2H3. The Bertz CT molecular complexity index is 339. The average Bonchev–Trinajstić information content (AvgIpc) is 2.14. The lowest BCUT2D eigenvalue weighted by molar-refractivity contribution is 0.369. The summed E-state index contributed by atoms with van der Waals surface area (Å²) in [5.41, 5.74) is 7.26. The van der Waals surface area contributed by atoms with E-state index >= 15 is 0 Å². The van der Waals surface area contributed by atoms with E-state index in [9.17, 15) is 5.11 Å². The number of benzene rings is 1. The minimum absolute atomic E-state index is 0.0616. The molecule has 0 aromatic heterocycles. The van der Waals surface area contributed by atoms with Crippen LogP contribution in [-0.4, -0.2) is 18.8 Å². The number of aromatic hydroxyl groups is 1. The van der Waals surface area contributed by atoms with E-state index in [2.05, 4.69) is 0 Å². The highest BCUT2D eigenvalue weighted by atomic mass is 35.5. The van der Waals surface area contributed by atoms with Gasteiger partial charge in [-0.25, -0.2) is 0 Å². The summed E-state index contributed by atoms with van der Waals surface area (Å²) in [6.45, 7) is 2.38. The number of nitrogens with two attached hydrogens (primary N) is 1. The maximum absolute atomic E-state index is 9.57. The summed E-state index contributed by atoms with van der Waals surface area (Å²) < 4.78 is 5.10. The van der Waals surface area contributed by atoms with Gasteiger partial charge in [-0.1, -0.05) is 11.6 Å². The molecule has 0 fully saturated rings. The first-order valence-corrected chi connectivity index (χ1v) is 4.74. The van der Waals surface area contributed by atoms with Gasteiger partial charge in [-0.2, -0.15) is 0 Å². The molecule has 1 aromatic rings. The zero-order chi connectivity index (χ0) is 10.7. The SMILES string of the molecule is COc1c(O)cc(Cl)c(C)c1CCN. The summed E-state index contributed by atoms with van der Waals surface area (Å²) in [5, 5.41) is 10.1. The molecular weight excluding hydrogens is 202 g/mol. The highest BCUT2D eigenvalue weighted by molar-refractivity contribution is 6.31. The molecule has 0 spiro atoms. The molecule has 14 heavy (non-hydrogen) atoms. The molecule has 0 atom stereocenters. The van der Waals surface area contributed by atoms with Crippen LogP contribution in [0.15, 0.2) is 6.07 Å². The second-order valence-corrected chi connectivity index (χ2v) is 3.46. The monoisotopic (exact) mass is 215 g/mol. The van der Waals surface area contributed by atoms with E-state index in [1.807, 2.05) is 6.92 Å². The van der Waals surface area contributed by atoms with Crippen LogP contribution in [0.3, 0.4) is 0 Å². The van der Waals surface area contributed by atoms with Crippen LogP contribution in [0.1, 0.15) is 11.1 Å². The van der Waals surface area contributed by atoms with Gasteiger partial charge in [-0.3, -0.25) is 0 Å². The summed E-state index contributed by atoms with van der Waals surface area (Å²) in [6.07, 6.45) is 0.642. The van der Waals surface area contributed by atoms with Crippen molar-refractivity contribution in [2.45, 2.75) is 13.3 Å². The third-order valence-electron chi connectivity index (χ3n) is 2.18. The molecule has 1 aromatic carbocycles. The first-order valence-electron chi connectivity index (χ1n) is 4.36. The van der Waals surface area contributed by atoms with Crippen molar-refractivity contribution in [1.82, 2.24) is 0 Å². The van der Waals surface area contributed by atoms with Crippen molar-refractivity contribution < 1.29 is 9.84 Å². The quantitative estimate of drug-likeness (QED) is 0.810. The van der Waals surface area contributed by atoms with Gasteiger partial charge in [0.25, 0.3) is 0 Å². The summed E-state index contributed by atoms with van der Waals surface area (Å²) >= 11 is 5.93. The Hall–Kier alpha value is -0.930. The highest BCUT2D eigenvalue weighted by Gasteiger charge is 2.13. The maximum atomic E-state index is 9.57. The molecule has 1 rings (SSSR count). The molecule has 78 valence electrons. The smallest absolute Gasteiger partial charge is 0.164 e. The molecule has 0 aliphatic heterocycles. The molecule has 3 N–H and O–H groups in total. The molecule has 0 saturated carbocycles. The highest BCUT2D eigenvalue weighted by Crippen LogP contribution is 2.36. The normalized spacial score (nSPS) is 10.3. The van der Waals surface area contributed by atoms with E-state index in [4.69, 9.17) is 22.1 Å². The number of halogens is 1. The fraction of sp³-hybridized carbons (Fsp3) is 0.400. The zero-order valence-corrected chi connectivity index (χ0v) is 9.06. The van der Waals surface area contributed by atoms with E-state index in [0.717, 1.165) is 11.1 Å². The molecule has 0 unspecified atom stereocenters. The van der Waals surface area contributed by atoms with E-state index < -0.39 is 0 Å². The Morgan fingerprint density at radius 3 is 2.71 bits per heavy atom. The van der Waals surface area contributed by atoms with E-state index in [-0.39, 0.29) is 5.75 Å². The summed E-state index contributed by atoms with van der Waals surface area (Å²) in [4.78, 5) is 0. The van der Waals surface area contributed by atoms with Crippen LogP contribution in [0.4, 0.5) is 0 Å². The Balaban J connectivity index is 3.32.